The Labute approximate surface area is 170 Å². The Balaban J connectivity index is 1.74. The number of aromatic nitrogens is 2. The van der Waals surface area contributed by atoms with Crippen LogP contribution >= 0.6 is 34.8 Å². The minimum atomic E-state index is -4.16. The summed E-state index contributed by atoms with van der Waals surface area (Å²) in [6.45, 7) is 0.452. The average Bonchev–Trinajstić information content (AvgIpc) is 3.05. The lowest BCUT2D eigenvalue weighted by Gasteiger charge is -2.07. The van der Waals surface area contributed by atoms with E-state index in [9.17, 15) is 13.2 Å². The molecule has 0 saturated carbocycles. The summed E-state index contributed by atoms with van der Waals surface area (Å²) >= 11 is 17.5. The van der Waals surface area contributed by atoms with Gasteiger partial charge in [-0.2, -0.15) is 0 Å². The maximum Gasteiger partial charge on any atom is 0.285 e. The molecule has 1 heterocycles. The molecule has 10 heteroatoms. The number of carbonyl (C=O) groups excluding carboxylic acids is 1. The van der Waals surface area contributed by atoms with Crippen LogP contribution in [0.3, 0.4) is 0 Å². The van der Waals surface area contributed by atoms with Crippen molar-refractivity contribution in [1.82, 2.24) is 14.3 Å². The van der Waals surface area contributed by atoms with Crippen LogP contribution in [0.2, 0.25) is 15.1 Å². The van der Waals surface area contributed by atoms with Gasteiger partial charge in [0.1, 0.15) is 10.6 Å². The van der Waals surface area contributed by atoms with Crippen molar-refractivity contribution in [3.8, 4) is 0 Å². The average molecular weight is 445 g/mol. The summed E-state index contributed by atoms with van der Waals surface area (Å²) in [6, 6.07) is 11.1. The van der Waals surface area contributed by atoms with E-state index in [-0.39, 0.29) is 20.6 Å². The van der Waals surface area contributed by atoms with Crippen LogP contribution in [0.4, 0.5) is 0 Å². The highest BCUT2D eigenvalue weighted by molar-refractivity contribution is 7.90. The Morgan fingerprint density at radius 1 is 1.04 bits per heavy atom. The SMILES string of the molecule is O=C(NS(=O)(=O)c1ccc(Cl)cc1Cl)c1cn(Cc2ccc(Cl)cc2)cn1. The number of sulfonamides is 1. The first kappa shape index (κ1) is 19.7. The largest absolute Gasteiger partial charge is 0.332 e. The lowest BCUT2D eigenvalue weighted by atomic mass is 10.2. The van der Waals surface area contributed by atoms with Crippen molar-refractivity contribution < 1.29 is 13.2 Å². The monoisotopic (exact) mass is 443 g/mol. The summed E-state index contributed by atoms with van der Waals surface area (Å²) in [5.74, 6) is -0.865. The van der Waals surface area contributed by atoms with Crippen LogP contribution < -0.4 is 4.72 Å². The maximum absolute atomic E-state index is 12.4. The molecule has 0 aliphatic rings. The van der Waals surface area contributed by atoms with E-state index in [1.807, 2.05) is 16.9 Å². The minimum Gasteiger partial charge on any atom is -0.332 e. The van der Waals surface area contributed by atoms with Gasteiger partial charge in [-0.1, -0.05) is 46.9 Å². The number of rotatable bonds is 5. The molecule has 0 bridgehead atoms. The van der Waals surface area contributed by atoms with Gasteiger partial charge in [-0.05, 0) is 35.9 Å². The number of halogens is 3. The summed E-state index contributed by atoms with van der Waals surface area (Å²) in [7, 11) is -4.16. The fraction of sp³-hybridized carbons (Fsp3) is 0.0588. The molecule has 0 radical (unpaired) electrons. The lowest BCUT2D eigenvalue weighted by molar-refractivity contribution is 0.0977. The number of carbonyl (C=O) groups is 1. The van der Waals surface area contributed by atoms with Crippen LogP contribution in [0.25, 0.3) is 0 Å². The topological polar surface area (TPSA) is 81.1 Å². The number of benzene rings is 2. The Hall–Kier alpha value is -2.06. The van der Waals surface area contributed by atoms with E-state index in [1.54, 1.807) is 16.7 Å². The van der Waals surface area contributed by atoms with E-state index in [1.165, 1.54) is 30.7 Å². The molecule has 140 valence electrons. The Bertz CT molecular complexity index is 1100. The third-order valence-electron chi connectivity index (χ3n) is 3.55. The summed E-state index contributed by atoms with van der Waals surface area (Å²) in [5, 5.41) is 0.817. The van der Waals surface area contributed by atoms with Crippen molar-refractivity contribution in [2.24, 2.45) is 0 Å². The zero-order chi connectivity index (χ0) is 19.6. The van der Waals surface area contributed by atoms with Gasteiger partial charge in [0.2, 0.25) is 0 Å². The van der Waals surface area contributed by atoms with E-state index >= 15 is 0 Å². The van der Waals surface area contributed by atoms with Gasteiger partial charge in [0.05, 0.1) is 11.3 Å². The molecule has 0 aliphatic carbocycles. The number of hydrogen-bond acceptors (Lipinski definition) is 4. The predicted molar refractivity (Wildman–Crippen MR) is 104 cm³/mol. The summed E-state index contributed by atoms with van der Waals surface area (Å²) in [5.41, 5.74) is 0.905. The molecule has 1 amide bonds. The molecular weight excluding hydrogens is 433 g/mol. The first-order valence-electron chi connectivity index (χ1n) is 7.53. The zero-order valence-electron chi connectivity index (χ0n) is 13.6. The Morgan fingerprint density at radius 3 is 2.37 bits per heavy atom. The summed E-state index contributed by atoms with van der Waals surface area (Å²) in [4.78, 5) is 16.0. The third kappa shape index (κ3) is 4.81. The van der Waals surface area contributed by atoms with Gasteiger partial charge < -0.3 is 4.57 Å². The van der Waals surface area contributed by atoms with Crippen molar-refractivity contribution in [3.05, 3.63) is 81.3 Å². The third-order valence-corrected chi connectivity index (χ3v) is 5.86. The van der Waals surface area contributed by atoms with E-state index in [0.717, 1.165) is 5.56 Å². The molecule has 3 aromatic rings. The molecule has 0 saturated heterocycles. The molecule has 0 aliphatic heterocycles. The number of nitrogens with one attached hydrogen (secondary N) is 1. The van der Waals surface area contributed by atoms with Crippen molar-refractivity contribution in [2.75, 3.05) is 0 Å². The van der Waals surface area contributed by atoms with Crippen molar-refractivity contribution in [2.45, 2.75) is 11.4 Å². The van der Waals surface area contributed by atoms with Gasteiger partial charge in [0.25, 0.3) is 15.9 Å². The molecule has 1 N–H and O–H groups in total. The van der Waals surface area contributed by atoms with Crippen molar-refractivity contribution >= 4 is 50.7 Å². The summed E-state index contributed by atoms with van der Waals surface area (Å²) < 4.78 is 28.3. The highest BCUT2D eigenvalue weighted by atomic mass is 35.5. The molecule has 0 atom stereocenters. The second-order valence-corrected chi connectivity index (χ2v) is 8.50. The Morgan fingerprint density at radius 2 is 1.70 bits per heavy atom. The summed E-state index contributed by atoms with van der Waals surface area (Å²) in [6.07, 6.45) is 2.88. The van der Waals surface area contributed by atoms with Crippen LogP contribution in [-0.2, 0) is 16.6 Å². The van der Waals surface area contributed by atoms with Crippen LogP contribution in [0, 0.1) is 0 Å². The van der Waals surface area contributed by atoms with Gasteiger partial charge in [-0.25, -0.2) is 18.1 Å². The zero-order valence-corrected chi connectivity index (χ0v) is 16.6. The smallest absolute Gasteiger partial charge is 0.285 e. The fourth-order valence-electron chi connectivity index (χ4n) is 2.29. The van der Waals surface area contributed by atoms with Gasteiger partial charge in [0, 0.05) is 22.8 Å². The van der Waals surface area contributed by atoms with Crippen LogP contribution in [0.1, 0.15) is 16.1 Å². The second-order valence-electron chi connectivity index (χ2n) is 5.57. The number of nitrogens with zero attached hydrogens (tertiary/aromatic N) is 2. The Kier molecular flexibility index (Phi) is 5.76. The van der Waals surface area contributed by atoms with Gasteiger partial charge in [-0.15, -0.1) is 0 Å². The highest BCUT2D eigenvalue weighted by Crippen LogP contribution is 2.24. The lowest BCUT2D eigenvalue weighted by Crippen LogP contribution is -2.31. The van der Waals surface area contributed by atoms with Crippen LogP contribution in [-0.4, -0.2) is 23.9 Å². The molecule has 0 unspecified atom stereocenters. The molecule has 1 aromatic heterocycles. The molecule has 2 aromatic carbocycles. The number of amides is 1. The molecule has 0 fully saturated rings. The van der Waals surface area contributed by atoms with Gasteiger partial charge >= 0.3 is 0 Å². The van der Waals surface area contributed by atoms with Crippen LogP contribution in [0.15, 0.2) is 59.9 Å². The first-order valence-corrected chi connectivity index (χ1v) is 10.1. The van der Waals surface area contributed by atoms with Crippen molar-refractivity contribution in [1.29, 1.82) is 0 Å². The first-order chi connectivity index (χ1) is 12.7. The van der Waals surface area contributed by atoms with E-state index in [2.05, 4.69) is 4.98 Å². The van der Waals surface area contributed by atoms with E-state index < -0.39 is 15.9 Å². The quantitative estimate of drug-likeness (QED) is 0.645. The minimum absolute atomic E-state index is 0.0439. The number of hydrogen-bond donors (Lipinski definition) is 1. The van der Waals surface area contributed by atoms with Crippen molar-refractivity contribution in [3.63, 3.8) is 0 Å². The molecular formula is C17H12Cl3N3O3S. The second kappa shape index (κ2) is 7.90. The van der Waals surface area contributed by atoms with E-state index in [4.69, 9.17) is 34.8 Å². The molecule has 3 rings (SSSR count). The fourth-order valence-corrected chi connectivity index (χ4v) is 4.15. The normalized spacial score (nSPS) is 11.4. The van der Waals surface area contributed by atoms with Gasteiger partial charge in [-0.3, -0.25) is 4.79 Å². The maximum atomic E-state index is 12.4. The predicted octanol–water partition coefficient (Wildman–Crippen LogP) is 4.01. The standard InChI is InChI=1S/C17H12Cl3N3O3S/c18-12-3-1-11(2-4-12)8-23-9-15(21-10-23)17(24)22-27(25,26)16-6-5-13(19)7-14(16)20/h1-7,9-10H,8H2,(H,22,24). The number of imidazole rings is 1. The van der Waals surface area contributed by atoms with Crippen LogP contribution in [0.5, 0.6) is 0 Å². The highest BCUT2D eigenvalue weighted by Gasteiger charge is 2.23. The molecule has 27 heavy (non-hydrogen) atoms. The molecule has 0 spiro atoms. The van der Waals surface area contributed by atoms with E-state index in [0.29, 0.717) is 11.6 Å². The van der Waals surface area contributed by atoms with Gasteiger partial charge in [0.15, 0.2) is 0 Å². The molecule has 6 nitrogen and oxygen atoms in total.